The highest BCUT2D eigenvalue weighted by Gasteiger charge is 2.48. The number of carbonyl (C=O) groups is 2. The van der Waals surface area contributed by atoms with Gasteiger partial charge in [-0.25, -0.2) is 0 Å². The number of ether oxygens (including phenoxy) is 1. The largest absolute Gasteiger partial charge is 0.507 e. The predicted molar refractivity (Wildman–Crippen MR) is 149 cm³/mol. The van der Waals surface area contributed by atoms with Crippen molar-refractivity contribution in [1.82, 2.24) is 4.98 Å². The number of fused-ring (bicyclic) bond motifs is 2. The summed E-state index contributed by atoms with van der Waals surface area (Å²) in [6.45, 7) is 7.15. The number of aryl methyl sites for hydroxylation is 3. The van der Waals surface area contributed by atoms with E-state index in [1.165, 1.54) is 4.90 Å². The van der Waals surface area contributed by atoms with Crippen LogP contribution in [0, 0.1) is 20.8 Å². The number of nitrogens with one attached hydrogen (secondary N) is 1. The number of Topliss-reactive ketones (excluding diaryl/α,β-unsaturated/α-hetero) is 1. The van der Waals surface area contributed by atoms with Crippen LogP contribution in [0.1, 0.15) is 34.0 Å². The van der Waals surface area contributed by atoms with E-state index in [9.17, 15) is 14.7 Å². The molecular formula is C31H29N3O4. The van der Waals surface area contributed by atoms with Crippen molar-refractivity contribution in [2.24, 2.45) is 0 Å². The molecule has 2 aliphatic heterocycles. The molecule has 7 nitrogen and oxygen atoms in total. The van der Waals surface area contributed by atoms with Crippen LogP contribution in [0.3, 0.4) is 0 Å². The molecule has 1 unspecified atom stereocenters. The molecule has 4 aromatic rings. The molecule has 3 aromatic carbocycles. The topological polar surface area (TPSA) is 85.9 Å². The van der Waals surface area contributed by atoms with Crippen molar-refractivity contribution in [3.05, 3.63) is 94.2 Å². The van der Waals surface area contributed by atoms with Crippen LogP contribution in [0.4, 0.5) is 11.4 Å². The molecule has 1 aromatic heterocycles. The van der Waals surface area contributed by atoms with Crippen LogP contribution in [0.15, 0.2) is 66.2 Å². The van der Waals surface area contributed by atoms with Crippen LogP contribution < -0.4 is 14.5 Å². The minimum Gasteiger partial charge on any atom is -0.507 e. The second-order valence-corrected chi connectivity index (χ2v) is 10.2. The zero-order chi connectivity index (χ0) is 26.7. The summed E-state index contributed by atoms with van der Waals surface area (Å²) in [5.74, 6) is -0.856. The Morgan fingerprint density at radius 2 is 1.74 bits per heavy atom. The molecule has 192 valence electrons. The Bertz CT molecular complexity index is 1640. The number of aliphatic hydroxyl groups excluding tert-OH is 1. The van der Waals surface area contributed by atoms with Crippen LogP contribution in [0.2, 0.25) is 0 Å². The minimum atomic E-state index is -0.808. The number of H-pyrrole nitrogens is 1. The molecule has 2 N–H and O–H groups in total. The van der Waals surface area contributed by atoms with E-state index in [0.717, 1.165) is 44.7 Å². The van der Waals surface area contributed by atoms with E-state index in [4.69, 9.17) is 4.74 Å². The number of hydrogen-bond acceptors (Lipinski definition) is 5. The third-order valence-electron chi connectivity index (χ3n) is 7.47. The number of nitrogens with zero attached hydrogens (tertiary/aromatic N) is 2. The summed E-state index contributed by atoms with van der Waals surface area (Å²) < 4.78 is 5.76. The van der Waals surface area contributed by atoms with Gasteiger partial charge in [0.2, 0.25) is 0 Å². The first-order chi connectivity index (χ1) is 18.2. The first-order valence-electron chi connectivity index (χ1n) is 12.7. The number of aromatic nitrogens is 1. The summed E-state index contributed by atoms with van der Waals surface area (Å²) in [6, 6.07) is 18.2. The molecule has 7 heteroatoms. The monoisotopic (exact) mass is 507 g/mol. The number of hydrogen-bond donors (Lipinski definition) is 2. The molecule has 1 saturated heterocycles. The van der Waals surface area contributed by atoms with Crippen molar-refractivity contribution in [2.45, 2.75) is 26.8 Å². The standard InChI is InChI=1S/C31H29N3O4/c1-17-13-18(2)15-21(14-17)34-28(26-19(3)32-23-8-6-5-7-22(23)26)27(30(36)31(34)37)29(35)20-9-10-25-24(16-20)33(4)11-12-38-25/h5-10,13-16,28,32,35H,11-12H2,1-4H3/b29-27+. The second kappa shape index (κ2) is 8.80. The van der Waals surface area contributed by atoms with E-state index in [-0.39, 0.29) is 11.3 Å². The van der Waals surface area contributed by atoms with E-state index in [0.29, 0.717) is 24.4 Å². The Balaban J connectivity index is 1.62. The van der Waals surface area contributed by atoms with Crippen LogP contribution >= 0.6 is 0 Å². The van der Waals surface area contributed by atoms with Crippen molar-refractivity contribution in [3.63, 3.8) is 0 Å². The summed E-state index contributed by atoms with van der Waals surface area (Å²) in [5, 5.41) is 12.6. The number of rotatable bonds is 3. The minimum absolute atomic E-state index is 0.0707. The lowest BCUT2D eigenvalue weighted by Gasteiger charge is -2.28. The van der Waals surface area contributed by atoms with Crippen LogP contribution in [-0.2, 0) is 9.59 Å². The van der Waals surface area contributed by atoms with Crippen LogP contribution in [-0.4, -0.2) is 42.0 Å². The summed E-state index contributed by atoms with van der Waals surface area (Å²) in [6.07, 6.45) is 0. The molecule has 0 radical (unpaired) electrons. The summed E-state index contributed by atoms with van der Waals surface area (Å²) >= 11 is 0. The lowest BCUT2D eigenvalue weighted by Crippen LogP contribution is -2.29. The lowest BCUT2D eigenvalue weighted by atomic mass is 9.92. The van der Waals surface area contributed by atoms with Crippen LogP contribution in [0.5, 0.6) is 5.75 Å². The molecule has 38 heavy (non-hydrogen) atoms. The first kappa shape index (κ1) is 23.9. The number of amides is 1. The van der Waals surface area contributed by atoms with Gasteiger partial charge in [0.15, 0.2) is 0 Å². The molecule has 1 amide bonds. The zero-order valence-electron chi connectivity index (χ0n) is 21.8. The third kappa shape index (κ3) is 3.65. The number of para-hydroxylation sites is 1. The summed E-state index contributed by atoms with van der Waals surface area (Å²) in [7, 11) is 1.96. The fourth-order valence-electron chi connectivity index (χ4n) is 5.77. The molecule has 1 fully saturated rings. The maximum absolute atomic E-state index is 13.7. The van der Waals surface area contributed by atoms with E-state index in [1.807, 2.05) is 81.2 Å². The summed E-state index contributed by atoms with van der Waals surface area (Å²) in [5.41, 5.74) is 6.46. The van der Waals surface area contributed by atoms with Gasteiger partial charge in [0.05, 0.1) is 23.8 Å². The van der Waals surface area contributed by atoms with Gasteiger partial charge in [-0.05, 0) is 68.3 Å². The van der Waals surface area contributed by atoms with Crippen molar-refractivity contribution in [1.29, 1.82) is 0 Å². The average molecular weight is 508 g/mol. The van der Waals surface area contributed by atoms with Gasteiger partial charge in [0.25, 0.3) is 11.7 Å². The SMILES string of the molecule is Cc1cc(C)cc(N2C(=O)C(=O)/C(=C(/O)c3ccc4c(c3)N(C)CCO4)C2c2c(C)[nH]c3ccccc23)c1. The normalized spacial score (nSPS) is 18.7. The molecule has 0 spiro atoms. The molecule has 3 heterocycles. The highest BCUT2D eigenvalue weighted by molar-refractivity contribution is 6.52. The Morgan fingerprint density at radius 1 is 1.00 bits per heavy atom. The Labute approximate surface area is 221 Å². The molecular weight excluding hydrogens is 478 g/mol. The summed E-state index contributed by atoms with van der Waals surface area (Å²) in [4.78, 5) is 34.4. The van der Waals surface area contributed by atoms with Gasteiger partial charge >= 0.3 is 0 Å². The van der Waals surface area contributed by atoms with Crippen molar-refractivity contribution in [2.75, 3.05) is 30.0 Å². The van der Waals surface area contributed by atoms with E-state index in [2.05, 4.69) is 4.98 Å². The fourth-order valence-corrected chi connectivity index (χ4v) is 5.77. The molecule has 2 aliphatic rings. The van der Waals surface area contributed by atoms with Gasteiger partial charge in [-0.3, -0.25) is 14.5 Å². The number of likely N-dealkylation sites (N-methyl/N-ethyl adjacent to an activating group) is 1. The number of aliphatic hydroxyl groups is 1. The van der Waals surface area contributed by atoms with Gasteiger partial charge in [-0.2, -0.15) is 0 Å². The van der Waals surface area contributed by atoms with Crippen molar-refractivity contribution >= 4 is 39.7 Å². The van der Waals surface area contributed by atoms with Gasteiger partial charge in [-0.1, -0.05) is 24.3 Å². The number of aromatic amines is 1. The number of ketones is 1. The highest BCUT2D eigenvalue weighted by Crippen LogP contribution is 2.46. The van der Waals surface area contributed by atoms with Gasteiger partial charge in [0.1, 0.15) is 18.1 Å². The number of anilines is 2. The lowest BCUT2D eigenvalue weighted by molar-refractivity contribution is -0.132. The molecule has 0 saturated carbocycles. The Hall–Kier alpha value is -4.52. The average Bonchev–Trinajstić information content (AvgIpc) is 3.35. The quantitative estimate of drug-likeness (QED) is 0.216. The fraction of sp³-hybridized carbons (Fsp3) is 0.226. The first-order valence-corrected chi connectivity index (χ1v) is 12.7. The number of benzene rings is 3. The predicted octanol–water partition coefficient (Wildman–Crippen LogP) is 5.55. The maximum atomic E-state index is 13.7. The van der Waals surface area contributed by atoms with E-state index >= 15 is 0 Å². The molecule has 0 aliphatic carbocycles. The molecule has 0 bridgehead atoms. The maximum Gasteiger partial charge on any atom is 0.300 e. The van der Waals surface area contributed by atoms with E-state index in [1.54, 1.807) is 12.1 Å². The van der Waals surface area contributed by atoms with Gasteiger partial charge in [-0.15, -0.1) is 0 Å². The Morgan fingerprint density at radius 3 is 2.50 bits per heavy atom. The highest BCUT2D eigenvalue weighted by atomic mass is 16.5. The van der Waals surface area contributed by atoms with Crippen molar-refractivity contribution in [3.8, 4) is 5.75 Å². The molecule has 6 rings (SSSR count). The van der Waals surface area contributed by atoms with Crippen molar-refractivity contribution < 1.29 is 19.4 Å². The van der Waals surface area contributed by atoms with E-state index < -0.39 is 17.7 Å². The second-order valence-electron chi connectivity index (χ2n) is 10.2. The zero-order valence-corrected chi connectivity index (χ0v) is 21.8. The molecule has 1 atom stereocenters. The van der Waals surface area contributed by atoms with Gasteiger partial charge < -0.3 is 19.7 Å². The smallest absolute Gasteiger partial charge is 0.300 e. The number of carbonyl (C=O) groups excluding carboxylic acids is 2. The Kier molecular flexibility index (Phi) is 5.52. The van der Waals surface area contributed by atoms with Gasteiger partial charge in [0, 0.05) is 40.5 Å². The van der Waals surface area contributed by atoms with Crippen LogP contribution in [0.25, 0.3) is 16.7 Å². The third-order valence-corrected chi connectivity index (χ3v) is 7.47.